The van der Waals surface area contributed by atoms with Crippen LogP contribution in [0.15, 0.2) is 71.9 Å². The van der Waals surface area contributed by atoms with E-state index < -0.39 is 0 Å². The van der Waals surface area contributed by atoms with Gasteiger partial charge in [0.2, 0.25) is 0 Å². The first-order chi connectivity index (χ1) is 16.6. The Balaban J connectivity index is 1.32. The normalized spacial score (nSPS) is 16.6. The van der Waals surface area contributed by atoms with E-state index in [2.05, 4.69) is 34.3 Å². The van der Waals surface area contributed by atoms with Crippen LogP contribution in [0.3, 0.4) is 0 Å². The van der Waals surface area contributed by atoms with Gasteiger partial charge in [-0.2, -0.15) is 0 Å². The van der Waals surface area contributed by atoms with Crippen molar-refractivity contribution in [1.82, 2.24) is 4.90 Å². The zero-order chi connectivity index (χ0) is 23.5. The molecule has 0 aromatic heterocycles. The van der Waals surface area contributed by atoms with Crippen molar-refractivity contribution in [3.8, 4) is 22.6 Å². The minimum absolute atomic E-state index is 0.231. The maximum atomic E-state index is 13.5. The fraction of sp³-hybridized carbons (Fsp3) is 0.321. The predicted molar refractivity (Wildman–Crippen MR) is 131 cm³/mol. The lowest BCUT2D eigenvalue weighted by molar-refractivity contribution is -0.128. The van der Waals surface area contributed by atoms with Gasteiger partial charge in [-0.25, -0.2) is 4.39 Å². The van der Waals surface area contributed by atoms with E-state index >= 15 is 0 Å². The lowest BCUT2D eigenvalue weighted by Gasteiger charge is -2.45. The maximum Gasteiger partial charge on any atom is 0.168 e. The molecule has 1 spiro atoms. The van der Waals surface area contributed by atoms with Gasteiger partial charge in [0.1, 0.15) is 17.3 Å². The van der Waals surface area contributed by atoms with Crippen molar-refractivity contribution in [2.45, 2.75) is 32.4 Å². The van der Waals surface area contributed by atoms with Crippen LogP contribution in [-0.2, 0) is 11.4 Å². The van der Waals surface area contributed by atoms with Crippen molar-refractivity contribution in [1.29, 1.82) is 0 Å². The van der Waals surface area contributed by atoms with Gasteiger partial charge >= 0.3 is 0 Å². The summed E-state index contributed by atoms with van der Waals surface area (Å²) in [5.41, 5.74) is 4.73. The molecule has 0 amide bonds. The van der Waals surface area contributed by atoms with Crippen LogP contribution in [0.1, 0.15) is 31.4 Å². The summed E-state index contributed by atoms with van der Waals surface area (Å²) in [6, 6.07) is 20.8. The highest BCUT2D eigenvalue weighted by molar-refractivity contribution is 6.01. The lowest BCUT2D eigenvalue weighted by atomic mass is 9.86. The molecule has 2 aliphatic rings. The molecule has 34 heavy (non-hydrogen) atoms. The highest BCUT2D eigenvalue weighted by Crippen LogP contribution is 2.42. The molecule has 0 N–H and O–H groups in total. The number of rotatable bonds is 8. The Hall–Kier alpha value is -3.38. The second-order valence-electron chi connectivity index (χ2n) is 8.84. The van der Waals surface area contributed by atoms with Gasteiger partial charge in [-0.3, -0.25) is 4.90 Å². The standard InChI is InChI=1S/C28H29FN2O3/c1-3-32-25-14-20(15-26(33-4-2)27(25)22-10-12-23(29)13-11-22)17-31-18-28(19-31)16-24(30-34-28)21-8-6-5-7-9-21/h5-15H,3-4,16-19H2,1-2H3. The van der Waals surface area contributed by atoms with E-state index in [9.17, 15) is 4.39 Å². The molecule has 0 saturated carbocycles. The van der Waals surface area contributed by atoms with E-state index in [1.165, 1.54) is 12.1 Å². The molecular weight excluding hydrogens is 431 g/mol. The average Bonchev–Trinajstić information content (AvgIpc) is 3.27. The molecule has 1 saturated heterocycles. The Bertz CT molecular complexity index is 1150. The van der Waals surface area contributed by atoms with Gasteiger partial charge in [0.05, 0.1) is 24.5 Å². The zero-order valence-electron chi connectivity index (χ0n) is 19.6. The topological polar surface area (TPSA) is 43.3 Å². The summed E-state index contributed by atoms with van der Waals surface area (Å²) >= 11 is 0. The minimum atomic E-state index is -0.267. The number of nitrogens with zero attached hydrogens (tertiary/aromatic N) is 2. The van der Waals surface area contributed by atoms with E-state index in [0.29, 0.717) is 13.2 Å². The summed E-state index contributed by atoms with van der Waals surface area (Å²) in [6.07, 6.45) is 0.825. The SMILES string of the molecule is CCOc1cc(CN2CC3(CC(c4ccccc4)=NO3)C2)cc(OCC)c1-c1ccc(F)cc1. The first kappa shape index (κ1) is 22.4. The molecular formula is C28H29FN2O3. The van der Waals surface area contributed by atoms with E-state index in [0.717, 1.165) is 65.5 Å². The second-order valence-corrected chi connectivity index (χ2v) is 8.84. The van der Waals surface area contributed by atoms with Crippen LogP contribution in [0.25, 0.3) is 11.1 Å². The molecule has 3 aromatic rings. The molecule has 0 atom stereocenters. The van der Waals surface area contributed by atoms with Crippen molar-refractivity contribution in [3.05, 3.63) is 83.7 Å². The van der Waals surface area contributed by atoms with Gasteiger partial charge in [0, 0.05) is 26.1 Å². The summed E-state index contributed by atoms with van der Waals surface area (Å²) < 4.78 is 25.5. The number of ether oxygens (including phenoxy) is 2. The van der Waals surface area contributed by atoms with Gasteiger partial charge in [0.25, 0.3) is 0 Å². The molecule has 1 fully saturated rings. The minimum Gasteiger partial charge on any atom is -0.493 e. The maximum absolute atomic E-state index is 13.5. The molecule has 5 nitrogen and oxygen atoms in total. The predicted octanol–water partition coefficient (Wildman–Crippen LogP) is 5.67. The van der Waals surface area contributed by atoms with Crippen LogP contribution in [0.5, 0.6) is 11.5 Å². The lowest BCUT2D eigenvalue weighted by Crippen LogP contribution is -2.61. The summed E-state index contributed by atoms with van der Waals surface area (Å²) in [5.74, 6) is 1.23. The fourth-order valence-corrected chi connectivity index (χ4v) is 4.79. The van der Waals surface area contributed by atoms with Crippen molar-refractivity contribution in [2.24, 2.45) is 5.16 Å². The van der Waals surface area contributed by atoms with Gasteiger partial charge < -0.3 is 14.3 Å². The zero-order valence-corrected chi connectivity index (χ0v) is 19.6. The Labute approximate surface area is 199 Å². The van der Waals surface area contributed by atoms with E-state index in [-0.39, 0.29) is 11.4 Å². The highest BCUT2D eigenvalue weighted by atomic mass is 19.1. The molecule has 5 rings (SSSR count). The number of hydrogen-bond donors (Lipinski definition) is 0. The van der Waals surface area contributed by atoms with Crippen molar-refractivity contribution < 1.29 is 18.7 Å². The van der Waals surface area contributed by atoms with Crippen LogP contribution < -0.4 is 9.47 Å². The molecule has 0 radical (unpaired) electrons. The Morgan fingerprint density at radius 3 is 2.18 bits per heavy atom. The van der Waals surface area contributed by atoms with Gasteiger partial charge in [-0.05, 0) is 54.8 Å². The monoisotopic (exact) mass is 460 g/mol. The highest BCUT2D eigenvalue weighted by Gasteiger charge is 2.49. The number of benzene rings is 3. The smallest absolute Gasteiger partial charge is 0.168 e. The molecule has 2 heterocycles. The molecule has 3 aromatic carbocycles. The third kappa shape index (κ3) is 4.50. The number of oxime groups is 1. The fourth-order valence-electron chi connectivity index (χ4n) is 4.79. The van der Waals surface area contributed by atoms with E-state index in [4.69, 9.17) is 14.3 Å². The molecule has 0 bridgehead atoms. The Morgan fingerprint density at radius 2 is 1.56 bits per heavy atom. The van der Waals surface area contributed by atoms with Crippen molar-refractivity contribution >= 4 is 5.71 Å². The molecule has 176 valence electrons. The Morgan fingerprint density at radius 1 is 0.912 bits per heavy atom. The third-order valence-electron chi connectivity index (χ3n) is 6.23. The van der Waals surface area contributed by atoms with Crippen LogP contribution in [0.4, 0.5) is 4.39 Å². The second kappa shape index (κ2) is 9.47. The number of hydrogen-bond acceptors (Lipinski definition) is 5. The first-order valence-electron chi connectivity index (χ1n) is 11.8. The first-order valence-corrected chi connectivity index (χ1v) is 11.8. The van der Waals surface area contributed by atoms with E-state index in [1.54, 1.807) is 12.1 Å². The summed E-state index contributed by atoms with van der Waals surface area (Å²) in [4.78, 5) is 8.24. The van der Waals surface area contributed by atoms with Gasteiger partial charge in [-0.15, -0.1) is 0 Å². The van der Waals surface area contributed by atoms with Crippen LogP contribution in [-0.4, -0.2) is 42.5 Å². The summed E-state index contributed by atoms with van der Waals surface area (Å²) in [5, 5.41) is 4.37. The third-order valence-corrected chi connectivity index (χ3v) is 6.23. The van der Waals surface area contributed by atoms with Crippen LogP contribution >= 0.6 is 0 Å². The van der Waals surface area contributed by atoms with Crippen LogP contribution in [0.2, 0.25) is 0 Å². The summed E-state index contributed by atoms with van der Waals surface area (Å²) in [6.45, 7) is 7.38. The molecule has 0 aliphatic carbocycles. The number of likely N-dealkylation sites (tertiary alicyclic amines) is 1. The Kier molecular flexibility index (Phi) is 6.24. The largest absolute Gasteiger partial charge is 0.493 e. The average molecular weight is 461 g/mol. The molecule has 2 aliphatic heterocycles. The quantitative estimate of drug-likeness (QED) is 0.435. The number of halogens is 1. The summed E-state index contributed by atoms with van der Waals surface area (Å²) in [7, 11) is 0. The van der Waals surface area contributed by atoms with Gasteiger partial charge in [0.15, 0.2) is 5.60 Å². The molecule has 0 unspecified atom stereocenters. The van der Waals surface area contributed by atoms with Crippen molar-refractivity contribution in [3.63, 3.8) is 0 Å². The van der Waals surface area contributed by atoms with E-state index in [1.807, 2.05) is 32.0 Å². The van der Waals surface area contributed by atoms with Gasteiger partial charge in [-0.1, -0.05) is 47.6 Å². The van der Waals surface area contributed by atoms with Crippen molar-refractivity contribution in [2.75, 3.05) is 26.3 Å². The van der Waals surface area contributed by atoms with Crippen LogP contribution in [0, 0.1) is 5.82 Å². The molecule has 6 heteroatoms.